The highest BCUT2D eigenvalue weighted by molar-refractivity contribution is 5.80. The molecule has 0 saturated carbocycles. The van der Waals surface area contributed by atoms with Gasteiger partial charge in [0.2, 0.25) is 0 Å². The summed E-state index contributed by atoms with van der Waals surface area (Å²) in [5.41, 5.74) is 0.899. The summed E-state index contributed by atoms with van der Waals surface area (Å²) in [6.07, 6.45) is 0. The lowest BCUT2D eigenvalue weighted by molar-refractivity contribution is -0.384. The number of hydrogen-bond acceptors (Lipinski definition) is 5. The number of carbonyl (C=O) groups is 1. The molecule has 1 aromatic rings. The Morgan fingerprint density at radius 1 is 1.47 bits per heavy atom. The van der Waals surface area contributed by atoms with Gasteiger partial charge in [0.15, 0.2) is 0 Å². The molecule has 1 aliphatic heterocycles. The first-order valence-corrected chi connectivity index (χ1v) is 5.30. The first-order valence-electron chi connectivity index (χ1n) is 5.30. The zero-order valence-corrected chi connectivity index (χ0v) is 9.25. The molecule has 17 heavy (non-hydrogen) atoms. The normalized spacial score (nSPS) is 21.9. The van der Waals surface area contributed by atoms with Crippen LogP contribution in [0.2, 0.25) is 0 Å². The molecule has 0 aliphatic carbocycles. The van der Waals surface area contributed by atoms with Gasteiger partial charge in [0, 0.05) is 12.1 Å². The maximum Gasteiger partial charge on any atom is 0.325 e. The average molecular weight is 236 g/mol. The molecule has 1 saturated heterocycles. The third-order valence-corrected chi connectivity index (χ3v) is 2.59. The molecule has 0 radical (unpaired) electrons. The first-order chi connectivity index (χ1) is 8.13. The van der Waals surface area contributed by atoms with Crippen LogP contribution in [0.15, 0.2) is 24.3 Å². The molecule has 2 atom stereocenters. The largest absolute Gasteiger partial charge is 0.465 e. The molecular formula is C11H12N2O4. The lowest BCUT2D eigenvalue weighted by Crippen LogP contribution is -2.13. The highest BCUT2D eigenvalue weighted by atomic mass is 16.6. The van der Waals surface area contributed by atoms with Crippen molar-refractivity contribution in [2.75, 3.05) is 6.61 Å². The van der Waals surface area contributed by atoms with Gasteiger partial charge in [-0.2, -0.15) is 0 Å². The monoisotopic (exact) mass is 236 g/mol. The van der Waals surface area contributed by atoms with Gasteiger partial charge in [0.25, 0.3) is 5.69 Å². The Morgan fingerprint density at radius 3 is 2.65 bits per heavy atom. The van der Waals surface area contributed by atoms with Crippen LogP contribution in [0.3, 0.4) is 0 Å². The van der Waals surface area contributed by atoms with Gasteiger partial charge >= 0.3 is 5.97 Å². The van der Waals surface area contributed by atoms with Gasteiger partial charge in [0.05, 0.1) is 17.6 Å². The number of esters is 1. The van der Waals surface area contributed by atoms with E-state index in [0.717, 1.165) is 5.56 Å². The molecular weight excluding hydrogens is 224 g/mol. The first kappa shape index (κ1) is 11.5. The Kier molecular flexibility index (Phi) is 3.06. The lowest BCUT2D eigenvalue weighted by Gasteiger charge is -1.99. The summed E-state index contributed by atoms with van der Waals surface area (Å²) < 4.78 is 4.87. The van der Waals surface area contributed by atoms with E-state index in [1.807, 2.05) is 0 Å². The molecule has 1 aliphatic rings. The highest BCUT2D eigenvalue weighted by Gasteiger charge is 2.44. The number of carbonyl (C=O) groups excluding carboxylic acids is 1. The van der Waals surface area contributed by atoms with E-state index in [1.54, 1.807) is 19.1 Å². The molecule has 1 aromatic carbocycles. The molecule has 6 heteroatoms. The molecule has 6 nitrogen and oxygen atoms in total. The van der Waals surface area contributed by atoms with Gasteiger partial charge in [-0.15, -0.1) is 0 Å². The lowest BCUT2D eigenvalue weighted by atomic mass is 10.1. The van der Waals surface area contributed by atoms with Crippen molar-refractivity contribution in [1.82, 2.24) is 5.32 Å². The highest BCUT2D eigenvalue weighted by Crippen LogP contribution is 2.31. The van der Waals surface area contributed by atoms with E-state index in [0.29, 0.717) is 6.61 Å². The number of benzene rings is 1. The number of nitrogens with zero attached hydrogens (tertiary/aromatic N) is 1. The van der Waals surface area contributed by atoms with Gasteiger partial charge in [-0.05, 0) is 12.5 Å². The second-order valence-corrected chi connectivity index (χ2v) is 3.72. The van der Waals surface area contributed by atoms with Crippen LogP contribution >= 0.6 is 0 Å². The van der Waals surface area contributed by atoms with Crippen LogP contribution in [0, 0.1) is 10.1 Å². The van der Waals surface area contributed by atoms with Crippen LogP contribution in [-0.4, -0.2) is 23.5 Å². The number of nitro benzene ring substituents is 1. The van der Waals surface area contributed by atoms with Gasteiger partial charge in [-0.1, -0.05) is 12.1 Å². The second-order valence-electron chi connectivity index (χ2n) is 3.72. The van der Waals surface area contributed by atoms with Crippen LogP contribution in [0.4, 0.5) is 5.69 Å². The molecule has 1 fully saturated rings. The van der Waals surface area contributed by atoms with Crippen molar-refractivity contribution in [3.05, 3.63) is 39.9 Å². The number of non-ortho nitro benzene ring substituents is 1. The third kappa shape index (κ3) is 2.42. The minimum atomic E-state index is -0.451. The molecule has 0 unspecified atom stereocenters. The maximum absolute atomic E-state index is 11.4. The zero-order valence-electron chi connectivity index (χ0n) is 9.25. The van der Waals surface area contributed by atoms with E-state index in [1.165, 1.54) is 12.1 Å². The van der Waals surface area contributed by atoms with Gasteiger partial charge < -0.3 is 4.74 Å². The Balaban J connectivity index is 2.01. The van der Waals surface area contributed by atoms with Crippen molar-refractivity contribution in [3.8, 4) is 0 Å². The summed E-state index contributed by atoms with van der Waals surface area (Å²) in [6, 6.07) is 5.74. The minimum Gasteiger partial charge on any atom is -0.465 e. The fraction of sp³-hybridized carbons (Fsp3) is 0.364. The fourth-order valence-electron chi connectivity index (χ4n) is 1.67. The Labute approximate surface area is 97.7 Å². The van der Waals surface area contributed by atoms with Gasteiger partial charge in [-0.3, -0.25) is 20.2 Å². The van der Waals surface area contributed by atoms with E-state index in [9.17, 15) is 14.9 Å². The van der Waals surface area contributed by atoms with Crippen molar-refractivity contribution >= 4 is 11.7 Å². The van der Waals surface area contributed by atoms with Crippen molar-refractivity contribution < 1.29 is 14.5 Å². The number of ether oxygens (including phenoxy) is 1. The molecule has 0 amide bonds. The SMILES string of the molecule is CCOC(=O)[C@@H]1N[C@@H]1c1ccc([N+](=O)[O-])cc1. The number of nitrogens with one attached hydrogen (secondary N) is 1. The summed E-state index contributed by atoms with van der Waals surface area (Å²) >= 11 is 0. The summed E-state index contributed by atoms with van der Waals surface area (Å²) in [6.45, 7) is 2.10. The molecule has 1 heterocycles. The van der Waals surface area contributed by atoms with Crippen molar-refractivity contribution in [1.29, 1.82) is 0 Å². The van der Waals surface area contributed by atoms with Crippen LogP contribution in [0.25, 0.3) is 0 Å². The molecule has 90 valence electrons. The molecule has 0 spiro atoms. The number of nitro groups is 1. The van der Waals surface area contributed by atoms with Crippen LogP contribution < -0.4 is 5.32 Å². The Hall–Kier alpha value is -1.95. The molecule has 0 aromatic heterocycles. The summed E-state index contributed by atoms with van der Waals surface area (Å²) in [4.78, 5) is 21.4. The van der Waals surface area contributed by atoms with Crippen molar-refractivity contribution in [2.24, 2.45) is 0 Å². The van der Waals surface area contributed by atoms with Crippen molar-refractivity contribution in [3.63, 3.8) is 0 Å². The smallest absolute Gasteiger partial charge is 0.325 e. The third-order valence-electron chi connectivity index (χ3n) is 2.59. The van der Waals surface area contributed by atoms with Crippen LogP contribution in [0.5, 0.6) is 0 Å². The Bertz CT molecular complexity index is 443. The van der Waals surface area contributed by atoms with E-state index >= 15 is 0 Å². The second kappa shape index (κ2) is 4.50. The molecule has 1 N–H and O–H groups in total. The van der Waals surface area contributed by atoms with E-state index in [-0.39, 0.29) is 23.7 Å². The molecule has 2 rings (SSSR count). The summed E-state index contributed by atoms with van der Waals surface area (Å²) in [7, 11) is 0. The quantitative estimate of drug-likeness (QED) is 0.366. The summed E-state index contributed by atoms with van der Waals surface area (Å²) in [5.74, 6) is -0.282. The standard InChI is InChI=1S/C11H12N2O4/c1-2-17-11(14)10-9(12-10)7-3-5-8(6-4-7)13(15)16/h3-6,9-10,12H,2H2,1H3/t9-,10-/m1/s1. The fourth-order valence-corrected chi connectivity index (χ4v) is 1.67. The molecule has 0 bridgehead atoms. The van der Waals surface area contributed by atoms with Crippen LogP contribution in [0.1, 0.15) is 18.5 Å². The summed E-state index contributed by atoms with van der Waals surface area (Å²) in [5, 5.41) is 13.4. The van der Waals surface area contributed by atoms with E-state index < -0.39 is 4.92 Å². The van der Waals surface area contributed by atoms with Crippen LogP contribution in [-0.2, 0) is 9.53 Å². The topological polar surface area (TPSA) is 91.4 Å². The predicted molar refractivity (Wildman–Crippen MR) is 59.4 cm³/mol. The van der Waals surface area contributed by atoms with E-state index in [4.69, 9.17) is 4.74 Å². The van der Waals surface area contributed by atoms with Crippen molar-refractivity contribution in [2.45, 2.75) is 19.0 Å². The number of hydrogen-bond donors (Lipinski definition) is 1. The average Bonchev–Trinajstić information content (AvgIpc) is 3.09. The minimum absolute atomic E-state index is 0.0436. The predicted octanol–water partition coefficient (Wildman–Crippen LogP) is 1.17. The van der Waals surface area contributed by atoms with E-state index in [2.05, 4.69) is 5.32 Å². The Morgan fingerprint density at radius 2 is 2.12 bits per heavy atom. The number of rotatable bonds is 4. The van der Waals surface area contributed by atoms with Gasteiger partial charge in [0.1, 0.15) is 6.04 Å². The van der Waals surface area contributed by atoms with Gasteiger partial charge in [-0.25, -0.2) is 0 Å². The zero-order chi connectivity index (χ0) is 12.4. The maximum atomic E-state index is 11.4.